The lowest BCUT2D eigenvalue weighted by Crippen LogP contribution is -2.28. The van der Waals surface area contributed by atoms with Crippen LogP contribution < -0.4 is 5.32 Å². The Kier molecular flexibility index (Phi) is 4.56. The molecule has 0 saturated heterocycles. The van der Waals surface area contributed by atoms with Gasteiger partial charge in [-0.15, -0.1) is 0 Å². The standard InChI is InChI=1S/C18H17N3O3/c1-13(22)20-11-17(14-5-3-2-4-6-14)24-18(23)15-7-8-21-12-19-10-16(21)9-15/h2-10,12,17H,11H2,1H3,(H,20,22)/t17-/m0/s1. The van der Waals surface area contributed by atoms with Crippen LogP contribution in [0.15, 0.2) is 61.2 Å². The molecule has 0 aliphatic rings. The molecule has 0 bridgehead atoms. The van der Waals surface area contributed by atoms with Crippen molar-refractivity contribution in [2.75, 3.05) is 6.54 Å². The van der Waals surface area contributed by atoms with Crippen molar-refractivity contribution in [1.29, 1.82) is 0 Å². The van der Waals surface area contributed by atoms with Gasteiger partial charge in [0.2, 0.25) is 5.91 Å². The Morgan fingerprint density at radius 1 is 1.25 bits per heavy atom. The number of amides is 1. The van der Waals surface area contributed by atoms with Crippen molar-refractivity contribution < 1.29 is 14.3 Å². The Bertz CT molecular complexity index is 858. The predicted octanol–water partition coefficient (Wildman–Crippen LogP) is 2.37. The molecule has 0 aliphatic carbocycles. The summed E-state index contributed by atoms with van der Waals surface area (Å²) in [7, 11) is 0. The van der Waals surface area contributed by atoms with Gasteiger partial charge in [-0.05, 0) is 17.7 Å². The van der Waals surface area contributed by atoms with E-state index in [0.717, 1.165) is 11.1 Å². The number of nitrogens with one attached hydrogen (secondary N) is 1. The molecule has 3 aromatic rings. The maximum Gasteiger partial charge on any atom is 0.338 e. The largest absolute Gasteiger partial charge is 0.452 e. The first-order chi connectivity index (χ1) is 11.6. The van der Waals surface area contributed by atoms with Crippen molar-refractivity contribution in [1.82, 2.24) is 14.7 Å². The fourth-order valence-corrected chi connectivity index (χ4v) is 2.38. The lowest BCUT2D eigenvalue weighted by atomic mass is 10.1. The lowest BCUT2D eigenvalue weighted by Gasteiger charge is -2.18. The number of pyridine rings is 1. The van der Waals surface area contributed by atoms with Crippen molar-refractivity contribution in [2.24, 2.45) is 0 Å². The quantitative estimate of drug-likeness (QED) is 0.732. The minimum absolute atomic E-state index is 0.173. The summed E-state index contributed by atoms with van der Waals surface area (Å²) < 4.78 is 7.42. The first-order valence-corrected chi connectivity index (χ1v) is 7.55. The topological polar surface area (TPSA) is 72.7 Å². The Balaban J connectivity index is 1.80. The van der Waals surface area contributed by atoms with Crippen LogP contribution in [0.3, 0.4) is 0 Å². The van der Waals surface area contributed by atoms with Crippen LogP contribution in [0.1, 0.15) is 28.9 Å². The second-order valence-corrected chi connectivity index (χ2v) is 5.38. The highest BCUT2D eigenvalue weighted by molar-refractivity contribution is 5.90. The molecule has 2 aromatic heterocycles. The van der Waals surface area contributed by atoms with Gasteiger partial charge in [0.15, 0.2) is 0 Å². The van der Waals surface area contributed by atoms with Crippen molar-refractivity contribution in [3.63, 3.8) is 0 Å². The normalized spacial score (nSPS) is 11.9. The summed E-state index contributed by atoms with van der Waals surface area (Å²) in [5.41, 5.74) is 2.07. The number of carbonyl (C=O) groups excluding carboxylic acids is 2. The van der Waals surface area contributed by atoms with Crippen LogP contribution in [0.4, 0.5) is 0 Å². The molecule has 0 saturated carbocycles. The molecule has 0 aliphatic heterocycles. The van der Waals surface area contributed by atoms with E-state index in [-0.39, 0.29) is 12.5 Å². The maximum atomic E-state index is 12.5. The van der Waals surface area contributed by atoms with Crippen molar-refractivity contribution in [3.05, 3.63) is 72.3 Å². The highest BCUT2D eigenvalue weighted by Gasteiger charge is 2.18. The van der Waals surface area contributed by atoms with Gasteiger partial charge in [0.05, 0.1) is 30.1 Å². The molecular weight excluding hydrogens is 306 g/mol. The summed E-state index contributed by atoms with van der Waals surface area (Å²) in [6, 6.07) is 12.7. The highest BCUT2D eigenvalue weighted by atomic mass is 16.5. The minimum atomic E-state index is -0.552. The minimum Gasteiger partial charge on any atom is -0.452 e. The number of fused-ring (bicyclic) bond motifs is 1. The number of benzene rings is 1. The van der Waals surface area contributed by atoms with Crippen LogP contribution in [0.2, 0.25) is 0 Å². The predicted molar refractivity (Wildman–Crippen MR) is 88.5 cm³/mol. The smallest absolute Gasteiger partial charge is 0.338 e. The summed E-state index contributed by atoms with van der Waals surface area (Å²) in [5, 5.41) is 2.70. The van der Waals surface area contributed by atoms with Crippen LogP contribution in [0, 0.1) is 0 Å². The van der Waals surface area contributed by atoms with Gasteiger partial charge < -0.3 is 14.5 Å². The SMILES string of the molecule is CC(=O)NC[C@H](OC(=O)c1ccn2cncc2c1)c1ccccc1. The number of aromatic nitrogens is 2. The van der Waals surface area contributed by atoms with Crippen LogP contribution in [0.25, 0.3) is 5.52 Å². The number of carbonyl (C=O) groups is 2. The Hall–Kier alpha value is -3.15. The van der Waals surface area contributed by atoms with Crippen LogP contribution in [-0.2, 0) is 9.53 Å². The molecule has 122 valence electrons. The van der Waals surface area contributed by atoms with Crippen molar-refractivity contribution in [2.45, 2.75) is 13.0 Å². The second-order valence-electron chi connectivity index (χ2n) is 5.38. The first kappa shape index (κ1) is 15.7. The monoisotopic (exact) mass is 323 g/mol. The fraction of sp³-hybridized carbons (Fsp3) is 0.167. The maximum absolute atomic E-state index is 12.5. The zero-order valence-electron chi connectivity index (χ0n) is 13.2. The summed E-state index contributed by atoms with van der Waals surface area (Å²) in [4.78, 5) is 27.7. The second kappa shape index (κ2) is 6.95. The van der Waals surface area contributed by atoms with Gasteiger partial charge in [0.25, 0.3) is 0 Å². The van der Waals surface area contributed by atoms with Gasteiger partial charge in [-0.2, -0.15) is 0 Å². The van der Waals surface area contributed by atoms with Gasteiger partial charge in [-0.1, -0.05) is 30.3 Å². The van der Waals surface area contributed by atoms with E-state index in [1.165, 1.54) is 6.92 Å². The van der Waals surface area contributed by atoms with Crippen molar-refractivity contribution in [3.8, 4) is 0 Å². The van der Waals surface area contributed by atoms with Crippen LogP contribution in [0.5, 0.6) is 0 Å². The third-order valence-electron chi connectivity index (χ3n) is 3.61. The third kappa shape index (κ3) is 3.60. The zero-order valence-corrected chi connectivity index (χ0v) is 13.2. The van der Waals surface area contributed by atoms with E-state index < -0.39 is 12.1 Å². The van der Waals surface area contributed by atoms with E-state index in [0.29, 0.717) is 5.56 Å². The highest BCUT2D eigenvalue weighted by Crippen LogP contribution is 2.19. The molecule has 24 heavy (non-hydrogen) atoms. The molecule has 0 fully saturated rings. The van der Waals surface area contributed by atoms with E-state index in [2.05, 4.69) is 10.3 Å². The number of hydrogen-bond donors (Lipinski definition) is 1. The Labute approximate surface area is 139 Å². The van der Waals surface area contributed by atoms with Gasteiger partial charge in [0, 0.05) is 13.1 Å². The lowest BCUT2D eigenvalue weighted by molar-refractivity contribution is -0.119. The molecule has 3 rings (SSSR count). The van der Waals surface area contributed by atoms with E-state index in [4.69, 9.17) is 4.74 Å². The van der Waals surface area contributed by atoms with E-state index in [9.17, 15) is 9.59 Å². The van der Waals surface area contributed by atoms with Crippen molar-refractivity contribution >= 4 is 17.4 Å². The number of rotatable bonds is 5. The fourth-order valence-electron chi connectivity index (χ4n) is 2.38. The average molecular weight is 323 g/mol. The third-order valence-corrected chi connectivity index (χ3v) is 3.61. The first-order valence-electron chi connectivity index (χ1n) is 7.55. The van der Waals surface area contributed by atoms with E-state index in [1.54, 1.807) is 30.9 Å². The van der Waals surface area contributed by atoms with E-state index in [1.807, 2.05) is 34.7 Å². The zero-order chi connectivity index (χ0) is 16.9. The molecule has 0 radical (unpaired) electrons. The van der Waals surface area contributed by atoms with Gasteiger partial charge >= 0.3 is 5.97 Å². The number of hydrogen-bond acceptors (Lipinski definition) is 4. The van der Waals surface area contributed by atoms with Crippen LogP contribution in [-0.4, -0.2) is 27.8 Å². The summed E-state index contributed by atoms with van der Waals surface area (Å²) in [6.07, 6.45) is 4.53. The van der Waals surface area contributed by atoms with Gasteiger partial charge in [0.1, 0.15) is 6.10 Å². The Morgan fingerprint density at radius 2 is 2.04 bits per heavy atom. The van der Waals surface area contributed by atoms with E-state index >= 15 is 0 Å². The number of esters is 1. The summed E-state index contributed by atoms with van der Waals surface area (Å²) in [5.74, 6) is -0.620. The van der Waals surface area contributed by atoms with Gasteiger partial charge in [-0.25, -0.2) is 9.78 Å². The molecule has 0 unspecified atom stereocenters. The Morgan fingerprint density at radius 3 is 2.79 bits per heavy atom. The number of imidazole rings is 1. The molecule has 6 nitrogen and oxygen atoms in total. The molecule has 1 atom stereocenters. The number of ether oxygens (including phenoxy) is 1. The molecular formula is C18H17N3O3. The van der Waals surface area contributed by atoms with Gasteiger partial charge in [-0.3, -0.25) is 4.79 Å². The number of nitrogens with zero attached hydrogens (tertiary/aromatic N) is 2. The molecule has 1 amide bonds. The summed E-state index contributed by atoms with van der Waals surface area (Å²) >= 11 is 0. The molecule has 1 N–H and O–H groups in total. The average Bonchev–Trinajstić information content (AvgIpc) is 3.06. The molecule has 0 spiro atoms. The molecule has 6 heteroatoms. The van der Waals surface area contributed by atoms with Crippen LogP contribution >= 0.6 is 0 Å². The summed E-state index contributed by atoms with van der Waals surface area (Å²) in [6.45, 7) is 1.65. The molecule has 2 heterocycles. The molecule has 1 aromatic carbocycles.